The lowest BCUT2D eigenvalue weighted by Crippen LogP contribution is -2.42. The minimum Gasteiger partial charge on any atom is -0.493 e. The zero-order valence-electron chi connectivity index (χ0n) is 22.5. The number of carbonyl (C=O) groups is 1. The molecular weight excluding hydrogens is 476 g/mol. The van der Waals surface area contributed by atoms with Crippen molar-refractivity contribution in [3.8, 4) is 5.75 Å². The predicted octanol–water partition coefficient (Wildman–Crippen LogP) is 5.33. The molecule has 0 radical (unpaired) electrons. The number of hydrogen-bond donors (Lipinski definition) is 0. The van der Waals surface area contributed by atoms with Gasteiger partial charge in [0.05, 0.1) is 24.2 Å². The molecule has 7 nitrogen and oxygen atoms in total. The Labute approximate surface area is 224 Å². The molecule has 0 spiro atoms. The van der Waals surface area contributed by atoms with Crippen LogP contribution in [-0.2, 0) is 24.3 Å². The quantitative estimate of drug-likeness (QED) is 0.302. The van der Waals surface area contributed by atoms with Crippen molar-refractivity contribution >= 4 is 16.8 Å². The Hall–Kier alpha value is -3.71. The minimum atomic E-state index is 0.136. The number of hydrogen-bond acceptors (Lipinski definition) is 6. The molecule has 7 heteroatoms. The Morgan fingerprint density at radius 2 is 1.95 bits per heavy atom. The fourth-order valence-electron chi connectivity index (χ4n) is 5.30. The van der Waals surface area contributed by atoms with Crippen molar-refractivity contribution in [3.63, 3.8) is 0 Å². The van der Waals surface area contributed by atoms with Gasteiger partial charge in [0.1, 0.15) is 11.5 Å². The lowest BCUT2D eigenvalue weighted by molar-refractivity contribution is -0.132. The summed E-state index contributed by atoms with van der Waals surface area (Å²) in [5.41, 5.74) is 5.22. The fourth-order valence-corrected chi connectivity index (χ4v) is 5.30. The van der Waals surface area contributed by atoms with Gasteiger partial charge in [-0.05, 0) is 75.2 Å². The molecule has 1 saturated heterocycles. The molecule has 1 fully saturated rings. The van der Waals surface area contributed by atoms with E-state index in [1.54, 1.807) is 0 Å². The van der Waals surface area contributed by atoms with E-state index in [0.29, 0.717) is 18.9 Å². The number of likely N-dealkylation sites (tertiary alicyclic amines) is 1. The topological polar surface area (TPSA) is 71.7 Å². The van der Waals surface area contributed by atoms with E-state index in [2.05, 4.69) is 64.6 Å². The molecular formula is C31H36N4O3. The zero-order valence-corrected chi connectivity index (χ0v) is 22.5. The first-order chi connectivity index (χ1) is 18.4. The number of rotatable bonds is 9. The van der Waals surface area contributed by atoms with Crippen LogP contribution in [0.15, 0.2) is 65.3 Å². The van der Waals surface area contributed by atoms with Gasteiger partial charge in [-0.3, -0.25) is 14.7 Å². The van der Waals surface area contributed by atoms with Crippen molar-refractivity contribution in [2.75, 3.05) is 26.7 Å². The van der Waals surface area contributed by atoms with E-state index in [0.717, 1.165) is 67.3 Å². The van der Waals surface area contributed by atoms with Crippen LogP contribution in [0.3, 0.4) is 0 Å². The fraction of sp³-hybridized carbons (Fsp3) is 0.387. The highest BCUT2D eigenvalue weighted by Gasteiger charge is 2.25. The third-order valence-electron chi connectivity index (χ3n) is 7.34. The maximum Gasteiger partial charge on any atom is 0.227 e. The van der Waals surface area contributed by atoms with Gasteiger partial charge < -0.3 is 14.2 Å². The summed E-state index contributed by atoms with van der Waals surface area (Å²) in [6.45, 7) is 7.58. The van der Waals surface area contributed by atoms with Crippen LogP contribution in [0, 0.1) is 19.8 Å². The second kappa shape index (κ2) is 11.8. The molecule has 1 unspecified atom stereocenters. The normalized spacial score (nSPS) is 15.8. The lowest BCUT2D eigenvalue weighted by atomic mass is 9.98. The molecule has 1 atom stereocenters. The number of carbonyl (C=O) groups excluding carboxylic acids is 1. The highest BCUT2D eigenvalue weighted by Crippen LogP contribution is 2.22. The maximum absolute atomic E-state index is 12.9. The van der Waals surface area contributed by atoms with Crippen molar-refractivity contribution < 1.29 is 14.1 Å². The second-order valence-electron chi connectivity index (χ2n) is 10.5. The third kappa shape index (κ3) is 6.40. The minimum absolute atomic E-state index is 0.136. The monoisotopic (exact) mass is 512 g/mol. The number of ether oxygens (including phenoxy) is 1. The van der Waals surface area contributed by atoms with Crippen LogP contribution in [-0.4, -0.2) is 52.6 Å². The first-order valence-electron chi connectivity index (χ1n) is 13.4. The first kappa shape index (κ1) is 25.9. The summed E-state index contributed by atoms with van der Waals surface area (Å²) in [4.78, 5) is 21.6. The molecule has 0 saturated carbocycles. The summed E-state index contributed by atoms with van der Waals surface area (Å²) in [7, 11) is 2.14. The van der Waals surface area contributed by atoms with Gasteiger partial charge in [0, 0.05) is 49.2 Å². The van der Waals surface area contributed by atoms with E-state index in [1.165, 1.54) is 16.5 Å². The molecule has 0 aliphatic carbocycles. The van der Waals surface area contributed by atoms with Gasteiger partial charge in [0.2, 0.25) is 5.91 Å². The molecule has 38 heavy (non-hydrogen) atoms. The van der Waals surface area contributed by atoms with Crippen LogP contribution < -0.4 is 4.74 Å². The number of piperidine rings is 1. The van der Waals surface area contributed by atoms with Crippen LogP contribution in [0.1, 0.15) is 41.0 Å². The smallest absolute Gasteiger partial charge is 0.227 e. The Morgan fingerprint density at radius 3 is 2.76 bits per heavy atom. The second-order valence-corrected chi connectivity index (χ2v) is 10.5. The van der Waals surface area contributed by atoms with E-state index >= 15 is 0 Å². The lowest BCUT2D eigenvalue weighted by Gasteiger charge is -2.32. The van der Waals surface area contributed by atoms with Gasteiger partial charge in [-0.15, -0.1) is 0 Å². The Bertz CT molecular complexity index is 1380. The Kier molecular flexibility index (Phi) is 8.03. The molecule has 1 amide bonds. The highest BCUT2D eigenvalue weighted by molar-refractivity contribution is 5.79. The number of aryl methyl sites for hydroxylation is 2. The van der Waals surface area contributed by atoms with Gasteiger partial charge in [-0.2, -0.15) is 0 Å². The summed E-state index contributed by atoms with van der Waals surface area (Å²) >= 11 is 0. The van der Waals surface area contributed by atoms with E-state index in [9.17, 15) is 4.79 Å². The Morgan fingerprint density at radius 1 is 1.11 bits per heavy atom. The molecule has 2 aromatic carbocycles. The Balaban J connectivity index is 1.12. The van der Waals surface area contributed by atoms with Crippen molar-refractivity contribution in [2.45, 2.75) is 46.2 Å². The SMILES string of the molecule is Cc1noc(C)c1CC(=O)N1CCCC(COc2cccc(CN(C)Cc3ccc4ncccc4c3)c2)C1. The van der Waals surface area contributed by atoms with E-state index < -0.39 is 0 Å². The molecule has 4 aromatic rings. The number of amides is 1. The number of pyridine rings is 1. The molecule has 198 valence electrons. The van der Waals surface area contributed by atoms with E-state index in [1.807, 2.05) is 37.1 Å². The van der Waals surface area contributed by atoms with Crippen LogP contribution in [0.5, 0.6) is 5.75 Å². The average Bonchev–Trinajstić information content (AvgIpc) is 3.24. The predicted molar refractivity (Wildman–Crippen MR) is 148 cm³/mol. The van der Waals surface area contributed by atoms with Gasteiger partial charge in [0.15, 0.2) is 0 Å². The van der Waals surface area contributed by atoms with Crippen LogP contribution in [0.25, 0.3) is 10.9 Å². The molecule has 5 rings (SSSR count). The van der Waals surface area contributed by atoms with Gasteiger partial charge in [-0.25, -0.2) is 0 Å². The molecule has 0 N–H and O–H groups in total. The summed E-state index contributed by atoms with van der Waals surface area (Å²) in [5, 5.41) is 5.14. The molecule has 1 aliphatic rings. The summed E-state index contributed by atoms with van der Waals surface area (Å²) in [5.74, 6) is 2.07. The summed E-state index contributed by atoms with van der Waals surface area (Å²) < 4.78 is 11.4. The van der Waals surface area contributed by atoms with E-state index in [-0.39, 0.29) is 5.91 Å². The standard InChI is InChI=1S/C31H36N4O3/c1-22-29(23(2)38-33-22)17-31(36)35-14-6-8-26(20-35)21-37-28-10-4-7-24(16-28)18-34(3)19-25-11-12-30-27(15-25)9-5-13-32-30/h4-5,7,9-13,15-16,26H,6,8,14,17-21H2,1-3H3. The highest BCUT2D eigenvalue weighted by atomic mass is 16.5. The summed E-state index contributed by atoms with van der Waals surface area (Å²) in [6, 6.07) is 18.9. The van der Waals surface area contributed by atoms with Crippen LogP contribution in [0.4, 0.5) is 0 Å². The number of fused-ring (bicyclic) bond motifs is 1. The first-order valence-corrected chi connectivity index (χ1v) is 13.4. The van der Waals surface area contributed by atoms with Crippen LogP contribution >= 0.6 is 0 Å². The molecule has 1 aliphatic heterocycles. The van der Waals surface area contributed by atoms with Crippen molar-refractivity contribution in [2.24, 2.45) is 5.92 Å². The summed E-state index contributed by atoms with van der Waals surface area (Å²) in [6.07, 6.45) is 4.24. The van der Waals surface area contributed by atoms with Crippen LogP contribution in [0.2, 0.25) is 0 Å². The largest absolute Gasteiger partial charge is 0.493 e. The third-order valence-corrected chi connectivity index (χ3v) is 7.34. The van der Waals surface area contributed by atoms with Gasteiger partial charge in [0.25, 0.3) is 0 Å². The van der Waals surface area contributed by atoms with E-state index in [4.69, 9.17) is 9.26 Å². The number of aromatic nitrogens is 2. The van der Waals surface area contributed by atoms with Gasteiger partial charge >= 0.3 is 0 Å². The van der Waals surface area contributed by atoms with Crippen molar-refractivity contribution in [1.82, 2.24) is 19.9 Å². The number of benzene rings is 2. The van der Waals surface area contributed by atoms with Crippen molar-refractivity contribution in [1.29, 1.82) is 0 Å². The molecule has 0 bridgehead atoms. The maximum atomic E-state index is 12.9. The van der Waals surface area contributed by atoms with Crippen molar-refractivity contribution in [3.05, 3.63) is 88.9 Å². The number of nitrogens with zero attached hydrogens (tertiary/aromatic N) is 4. The molecule has 2 aromatic heterocycles. The zero-order chi connectivity index (χ0) is 26.5. The average molecular weight is 513 g/mol. The van der Waals surface area contributed by atoms with Gasteiger partial charge in [-0.1, -0.05) is 29.4 Å². The molecule has 3 heterocycles.